The Bertz CT molecular complexity index is 620. The Morgan fingerprint density at radius 3 is 2.61 bits per heavy atom. The van der Waals surface area contributed by atoms with Gasteiger partial charge in [0.15, 0.2) is 0 Å². The predicted molar refractivity (Wildman–Crippen MR) is 69.9 cm³/mol. The number of nitrogens with zero attached hydrogens (tertiary/aromatic N) is 3. The number of aromatic nitrogens is 2. The first-order valence-corrected chi connectivity index (χ1v) is 6.44. The minimum absolute atomic E-state index is 0.673. The van der Waals surface area contributed by atoms with Crippen molar-refractivity contribution >= 4 is 11.6 Å². The van der Waals surface area contributed by atoms with Crippen molar-refractivity contribution in [3.63, 3.8) is 0 Å². The van der Waals surface area contributed by atoms with Gasteiger partial charge in [-0.25, -0.2) is 4.68 Å². The number of fused-ring (bicyclic) bond motifs is 1. The Kier molecular flexibility index (Phi) is 2.81. The Balaban J connectivity index is 2.15. The maximum Gasteiger partial charge on any atom is 0.147 e. The van der Waals surface area contributed by atoms with Crippen molar-refractivity contribution in [3.05, 3.63) is 46.2 Å². The summed E-state index contributed by atoms with van der Waals surface area (Å²) in [4.78, 5) is 0. The molecule has 3 rings (SSSR count). The number of aryl methyl sites for hydroxylation is 1. The maximum atomic E-state index is 9.34. The third kappa shape index (κ3) is 1.79. The second-order valence-corrected chi connectivity index (χ2v) is 4.92. The molecule has 1 aromatic carbocycles. The monoisotopic (exact) mass is 257 g/mol. The Hall–Kier alpha value is -1.79. The van der Waals surface area contributed by atoms with Gasteiger partial charge in [-0.1, -0.05) is 11.6 Å². The molecule has 0 saturated heterocycles. The Morgan fingerprint density at radius 1 is 1.17 bits per heavy atom. The third-order valence-corrected chi connectivity index (χ3v) is 3.59. The summed E-state index contributed by atoms with van der Waals surface area (Å²) in [5.41, 5.74) is 3.77. The zero-order chi connectivity index (χ0) is 12.5. The third-order valence-electron chi connectivity index (χ3n) is 3.33. The molecular formula is C14H12ClN3. The highest BCUT2D eigenvalue weighted by atomic mass is 35.5. The summed E-state index contributed by atoms with van der Waals surface area (Å²) in [5, 5.41) is 14.6. The van der Waals surface area contributed by atoms with E-state index in [2.05, 4.69) is 11.2 Å². The van der Waals surface area contributed by atoms with Gasteiger partial charge >= 0.3 is 0 Å². The van der Waals surface area contributed by atoms with Crippen molar-refractivity contribution < 1.29 is 0 Å². The van der Waals surface area contributed by atoms with Crippen LogP contribution in [0.4, 0.5) is 0 Å². The molecule has 0 fully saturated rings. The van der Waals surface area contributed by atoms with E-state index in [1.54, 1.807) is 4.68 Å². The maximum absolute atomic E-state index is 9.34. The van der Waals surface area contributed by atoms with Crippen molar-refractivity contribution in [1.82, 2.24) is 9.78 Å². The van der Waals surface area contributed by atoms with Crippen LogP contribution in [0.1, 0.15) is 29.8 Å². The van der Waals surface area contributed by atoms with E-state index in [4.69, 9.17) is 11.6 Å². The molecule has 0 bridgehead atoms. The lowest BCUT2D eigenvalue weighted by Crippen LogP contribution is -2.01. The normalized spacial score (nSPS) is 14.0. The second kappa shape index (κ2) is 4.47. The Morgan fingerprint density at radius 2 is 1.89 bits per heavy atom. The van der Waals surface area contributed by atoms with Crippen molar-refractivity contribution in [2.45, 2.75) is 25.7 Å². The molecule has 18 heavy (non-hydrogen) atoms. The number of hydrogen-bond donors (Lipinski definition) is 0. The van der Waals surface area contributed by atoms with E-state index >= 15 is 0 Å². The highest BCUT2D eigenvalue weighted by Crippen LogP contribution is 2.26. The average molecular weight is 258 g/mol. The van der Waals surface area contributed by atoms with Crippen molar-refractivity contribution in [2.24, 2.45) is 0 Å². The minimum Gasteiger partial charge on any atom is -0.222 e. The molecule has 2 aromatic rings. The first-order valence-electron chi connectivity index (χ1n) is 6.06. The van der Waals surface area contributed by atoms with Crippen molar-refractivity contribution in [1.29, 1.82) is 5.26 Å². The molecule has 3 nitrogen and oxygen atoms in total. The van der Waals surface area contributed by atoms with E-state index < -0.39 is 0 Å². The molecule has 1 aromatic heterocycles. The first-order chi connectivity index (χ1) is 8.79. The van der Waals surface area contributed by atoms with Gasteiger partial charge in [0.05, 0.1) is 11.4 Å². The summed E-state index contributed by atoms with van der Waals surface area (Å²) in [6, 6.07) is 9.70. The zero-order valence-electron chi connectivity index (χ0n) is 9.86. The Labute approximate surface area is 111 Å². The molecule has 1 heterocycles. The van der Waals surface area contributed by atoms with E-state index in [-0.39, 0.29) is 0 Å². The zero-order valence-corrected chi connectivity index (χ0v) is 10.6. The van der Waals surface area contributed by atoms with Crippen LogP contribution in [0.25, 0.3) is 5.69 Å². The van der Waals surface area contributed by atoms with Gasteiger partial charge in [0, 0.05) is 10.6 Å². The highest BCUT2D eigenvalue weighted by molar-refractivity contribution is 6.30. The number of benzene rings is 1. The van der Waals surface area contributed by atoms with Crippen LogP contribution in [-0.2, 0) is 12.8 Å². The summed E-state index contributed by atoms with van der Waals surface area (Å²) in [6.45, 7) is 0. The molecule has 90 valence electrons. The number of halogens is 1. The van der Waals surface area contributed by atoms with Crippen LogP contribution in [0.3, 0.4) is 0 Å². The topological polar surface area (TPSA) is 41.6 Å². The van der Waals surface area contributed by atoms with Gasteiger partial charge in [-0.15, -0.1) is 0 Å². The van der Waals surface area contributed by atoms with Crippen LogP contribution >= 0.6 is 11.6 Å². The van der Waals surface area contributed by atoms with Crippen LogP contribution in [0.15, 0.2) is 24.3 Å². The van der Waals surface area contributed by atoms with Gasteiger partial charge in [0.25, 0.3) is 0 Å². The molecule has 0 radical (unpaired) electrons. The minimum atomic E-state index is 0.673. The first kappa shape index (κ1) is 11.3. The van der Waals surface area contributed by atoms with Crippen LogP contribution in [-0.4, -0.2) is 9.78 Å². The smallest absolute Gasteiger partial charge is 0.147 e. The van der Waals surface area contributed by atoms with E-state index in [9.17, 15) is 5.26 Å². The standard InChI is InChI=1S/C14H12ClN3/c15-10-5-7-11(8-6-10)18-14(9-16)12-3-1-2-4-13(12)17-18/h5-8H,1-4H2. The highest BCUT2D eigenvalue weighted by Gasteiger charge is 2.20. The molecule has 1 aliphatic rings. The van der Waals surface area contributed by atoms with Gasteiger partial charge in [-0.05, 0) is 49.9 Å². The molecular weight excluding hydrogens is 246 g/mol. The summed E-state index contributed by atoms with van der Waals surface area (Å²) in [7, 11) is 0. The van der Waals surface area contributed by atoms with Crippen LogP contribution in [0.5, 0.6) is 0 Å². The fourth-order valence-corrected chi connectivity index (χ4v) is 2.56. The van der Waals surface area contributed by atoms with Crippen LogP contribution in [0.2, 0.25) is 5.02 Å². The second-order valence-electron chi connectivity index (χ2n) is 4.48. The average Bonchev–Trinajstić information content (AvgIpc) is 2.78. The molecule has 1 aliphatic carbocycles. The quantitative estimate of drug-likeness (QED) is 0.787. The van der Waals surface area contributed by atoms with E-state index in [1.165, 1.54) is 0 Å². The van der Waals surface area contributed by atoms with Crippen molar-refractivity contribution in [3.8, 4) is 11.8 Å². The summed E-state index contributed by atoms with van der Waals surface area (Å²) < 4.78 is 1.74. The molecule has 0 unspecified atom stereocenters. The summed E-state index contributed by atoms with van der Waals surface area (Å²) in [5.74, 6) is 0. The molecule has 0 spiro atoms. The fourth-order valence-electron chi connectivity index (χ4n) is 2.44. The van der Waals surface area contributed by atoms with Gasteiger partial charge in [-0.3, -0.25) is 0 Å². The number of nitriles is 1. The molecule has 0 atom stereocenters. The van der Waals surface area contributed by atoms with Gasteiger partial charge in [-0.2, -0.15) is 10.4 Å². The number of hydrogen-bond acceptors (Lipinski definition) is 2. The molecule has 0 N–H and O–H groups in total. The van der Waals surface area contributed by atoms with E-state index in [0.717, 1.165) is 42.6 Å². The predicted octanol–water partition coefficient (Wildman–Crippen LogP) is 3.28. The molecule has 0 saturated carbocycles. The van der Waals surface area contributed by atoms with Crippen LogP contribution in [0, 0.1) is 11.3 Å². The summed E-state index contributed by atoms with van der Waals surface area (Å²) >= 11 is 5.88. The molecule has 4 heteroatoms. The van der Waals surface area contributed by atoms with Crippen LogP contribution < -0.4 is 0 Å². The summed E-state index contributed by atoms with van der Waals surface area (Å²) in [6.07, 6.45) is 4.25. The van der Waals surface area contributed by atoms with Crippen molar-refractivity contribution in [2.75, 3.05) is 0 Å². The van der Waals surface area contributed by atoms with Gasteiger partial charge in [0.1, 0.15) is 11.8 Å². The van der Waals surface area contributed by atoms with Gasteiger partial charge in [0.2, 0.25) is 0 Å². The number of rotatable bonds is 1. The van der Waals surface area contributed by atoms with Gasteiger partial charge < -0.3 is 0 Å². The fraction of sp³-hybridized carbons (Fsp3) is 0.286. The lowest BCUT2D eigenvalue weighted by Gasteiger charge is -2.07. The molecule has 0 aliphatic heterocycles. The van der Waals surface area contributed by atoms with E-state index in [0.29, 0.717) is 10.7 Å². The van der Waals surface area contributed by atoms with E-state index in [1.807, 2.05) is 24.3 Å². The lowest BCUT2D eigenvalue weighted by molar-refractivity contribution is 0.671. The molecule has 0 amide bonds. The lowest BCUT2D eigenvalue weighted by atomic mass is 9.96. The largest absolute Gasteiger partial charge is 0.222 e. The SMILES string of the molecule is N#Cc1c2c(nn1-c1ccc(Cl)cc1)CCCC2.